The lowest BCUT2D eigenvalue weighted by Gasteiger charge is -2.25. The van der Waals surface area contributed by atoms with Gasteiger partial charge in [-0.2, -0.15) is 0 Å². The van der Waals surface area contributed by atoms with E-state index in [2.05, 4.69) is 16.3 Å². The Morgan fingerprint density at radius 1 is 1.04 bits per heavy atom. The van der Waals surface area contributed by atoms with Crippen LogP contribution in [0.15, 0.2) is 42.5 Å². The summed E-state index contributed by atoms with van der Waals surface area (Å²) in [6.07, 6.45) is 2.10. The molecule has 150 valence electrons. The second kappa shape index (κ2) is 9.46. The molecule has 1 N–H and O–H groups in total. The fraction of sp³-hybridized carbons (Fsp3) is 0.409. The zero-order valence-electron chi connectivity index (χ0n) is 16.7. The van der Waals surface area contributed by atoms with Crippen LogP contribution in [0.4, 0.5) is 0 Å². The number of nitrogens with one attached hydrogen (secondary N) is 1. The molecule has 2 aromatic rings. The molecule has 6 heteroatoms. The van der Waals surface area contributed by atoms with Gasteiger partial charge in [-0.3, -0.25) is 9.69 Å². The highest BCUT2D eigenvalue weighted by Gasteiger charge is 2.28. The number of likely N-dealkylation sites (tertiary alicyclic amines) is 1. The smallest absolute Gasteiger partial charge is 0.234 e. The van der Waals surface area contributed by atoms with Crippen LogP contribution in [0.25, 0.3) is 0 Å². The summed E-state index contributed by atoms with van der Waals surface area (Å²) in [5, 5.41) is 3.01. The monoisotopic (exact) mass is 384 g/mol. The first-order valence-corrected chi connectivity index (χ1v) is 9.50. The third kappa shape index (κ3) is 4.75. The Kier molecular flexibility index (Phi) is 6.76. The average Bonchev–Trinajstić information content (AvgIpc) is 3.20. The number of carbonyl (C=O) groups is 1. The first-order valence-electron chi connectivity index (χ1n) is 9.50. The first-order chi connectivity index (χ1) is 13.6. The highest BCUT2D eigenvalue weighted by molar-refractivity contribution is 5.78. The van der Waals surface area contributed by atoms with Gasteiger partial charge in [-0.1, -0.05) is 18.2 Å². The van der Waals surface area contributed by atoms with Crippen LogP contribution in [0.1, 0.15) is 30.0 Å². The molecule has 0 aliphatic carbocycles. The molecule has 1 fully saturated rings. The maximum Gasteiger partial charge on any atom is 0.234 e. The molecule has 2 aromatic carbocycles. The van der Waals surface area contributed by atoms with E-state index in [0.29, 0.717) is 18.8 Å². The van der Waals surface area contributed by atoms with Gasteiger partial charge < -0.3 is 19.5 Å². The van der Waals surface area contributed by atoms with Gasteiger partial charge in [-0.05, 0) is 54.8 Å². The Bertz CT molecular complexity index is 792. The number of hydrogen-bond acceptors (Lipinski definition) is 5. The molecule has 0 aromatic heterocycles. The van der Waals surface area contributed by atoms with Crippen molar-refractivity contribution in [3.05, 3.63) is 53.6 Å². The summed E-state index contributed by atoms with van der Waals surface area (Å²) in [6, 6.07) is 13.9. The number of hydrogen-bond donors (Lipinski definition) is 1. The van der Waals surface area contributed by atoms with Crippen molar-refractivity contribution in [2.75, 3.05) is 34.4 Å². The van der Waals surface area contributed by atoms with Gasteiger partial charge in [-0.15, -0.1) is 0 Å². The highest BCUT2D eigenvalue weighted by Crippen LogP contribution is 2.36. The minimum Gasteiger partial charge on any atom is -0.497 e. The quantitative estimate of drug-likeness (QED) is 0.758. The molecule has 1 unspecified atom stereocenters. The van der Waals surface area contributed by atoms with Crippen LogP contribution in [0.5, 0.6) is 17.2 Å². The van der Waals surface area contributed by atoms with Gasteiger partial charge >= 0.3 is 0 Å². The van der Waals surface area contributed by atoms with Crippen molar-refractivity contribution in [1.82, 2.24) is 10.2 Å². The molecule has 0 radical (unpaired) electrons. The molecule has 1 aliphatic rings. The normalized spacial score (nSPS) is 16.6. The Labute approximate surface area is 166 Å². The van der Waals surface area contributed by atoms with Crippen molar-refractivity contribution >= 4 is 5.91 Å². The molecule has 1 amide bonds. The second-order valence-electron chi connectivity index (χ2n) is 6.87. The van der Waals surface area contributed by atoms with Crippen molar-refractivity contribution in [3.8, 4) is 17.2 Å². The van der Waals surface area contributed by atoms with Gasteiger partial charge in [0.15, 0.2) is 11.5 Å². The third-order valence-corrected chi connectivity index (χ3v) is 5.15. The number of ether oxygens (including phenoxy) is 3. The predicted octanol–water partition coefficient (Wildman–Crippen LogP) is 3.17. The Morgan fingerprint density at radius 2 is 1.79 bits per heavy atom. The van der Waals surface area contributed by atoms with Crippen molar-refractivity contribution in [3.63, 3.8) is 0 Å². The summed E-state index contributed by atoms with van der Waals surface area (Å²) >= 11 is 0. The zero-order chi connectivity index (χ0) is 19.9. The van der Waals surface area contributed by atoms with Crippen LogP contribution in [0.3, 0.4) is 0 Å². The highest BCUT2D eigenvalue weighted by atomic mass is 16.5. The molecule has 1 saturated heterocycles. The van der Waals surface area contributed by atoms with Crippen LogP contribution < -0.4 is 19.5 Å². The minimum absolute atomic E-state index is 0.0307. The van der Waals surface area contributed by atoms with Crippen LogP contribution in [0.2, 0.25) is 0 Å². The molecule has 1 aliphatic heterocycles. The van der Waals surface area contributed by atoms with Crippen LogP contribution >= 0.6 is 0 Å². The summed E-state index contributed by atoms with van der Waals surface area (Å²) in [5.41, 5.74) is 2.20. The number of methoxy groups -OCH3 is 3. The topological polar surface area (TPSA) is 60.0 Å². The molecule has 0 bridgehead atoms. The third-order valence-electron chi connectivity index (χ3n) is 5.15. The zero-order valence-corrected chi connectivity index (χ0v) is 16.7. The van der Waals surface area contributed by atoms with E-state index in [1.54, 1.807) is 21.3 Å². The fourth-order valence-corrected chi connectivity index (χ4v) is 3.64. The predicted molar refractivity (Wildman–Crippen MR) is 108 cm³/mol. The largest absolute Gasteiger partial charge is 0.497 e. The number of benzene rings is 2. The van der Waals surface area contributed by atoms with Crippen LogP contribution in [-0.4, -0.2) is 45.2 Å². The van der Waals surface area contributed by atoms with Crippen LogP contribution in [0, 0.1) is 0 Å². The summed E-state index contributed by atoms with van der Waals surface area (Å²) in [6.45, 7) is 1.81. The lowest BCUT2D eigenvalue weighted by atomic mass is 10.0. The van der Waals surface area contributed by atoms with E-state index in [4.69, 9.17) is 14.2 Å². The maximum atomic E-state index is 12.5. The summed E-state index contributed by atoms with van der Waals surface area (Å²) in [4.78, 5) is 14.7. The van der Waals surface area contributed by atoms with Gasteiger partial charge in [0.2, 0.25) is 5.91 Å². The number of nitrogens with zero attached hydrogens (tertiary/aromatic N) is 1. The van der Waals surface area contributed by atoms with Crippen molar-refractivity contribution in [2.24, 2.45) is 0 Å². The van der Waals surface area contributed by atoms with E-state index in [0.717, 1.165) is 42.0 Å². The number of rotatable bonds is 8. The van der Waals surface area contributed by atoms with Gasteiger partial charge in [0, 0.05) is 12.6 Å². The lowest BCUT2D eigenvalue weighted by Crippen LogP contribution is -2.36. The van der Waals surface area contributed by atoms with Gasteiger partial charge in [0.25, 0.3) is 0 Å². The number of carbonyl (C=O) groups excluding carboxylic acids is 1. The minimum atomic E-state index is 0.0307. The molecule has 28 heavy (non-hydrogen) atoms. The summed E-state index contributed by atoms with van der Waals surface area (Å²) in [5.74, 6) is 2.27. The van der Waals surface area contributed by atoms with E-state index in [-0.39, 0.29) is 11.9 Å². The second-order valence-corrected chi connectivity index (χ2v) is 6.87. The van der Waals surface area contributed by atoms with Crippen molar-refractivity contribution in [1.29, 1.82) is 0 Å². The molecule has 0 spiro atoms. The molecule has 1 heterocycles. The van der Waals surface area contributed by atoms with E-state index in [1.807, 2.05) is 36.4 Å². The van der Waals surface area contributed by atoms with Crippen LogP contribution in [-0.2, 0) is 11.3 Å². The molecule has 1 atom stereocenters. The van der Waals surface area contributed by atoms with E-state index in [1.165, 1.54) is 0 Å². The average molecular weight is 384 g/mol. The molecule has 6 nitrogen and oxygen atoms in total. The molecular weight excluding hydrogens is 356 g/mol. The van der Waals surface area contributed by atoms with Gasteiger partial charge in [0.05, 0.1) is 27.9 Å². The lowest BCUT2D eigenvalue weighted by molar-refractivity contribution is -0.122. The SMILES string of the molecule is COc1ccc(CNC(=O)CN2CCCC2c2ccc(OC)c(OC)c2)cc1. The Hall–Kier alpha value is -2.73. The van der Waals surface area contributed by atoms with E-state index in [9.17, 15) is 4.79 Å². The molecular formula is C22H28N2O4. The summed E-state index contributed by atoms with van der Waals surface area (Å²) < 4.78 is 15.9. The fourth-order valence-electron chi connectivity index (χ4n) is 3.64. The Balaban J connectivity index is 1.59. The van der Waals surface area contributed by atoms with Crippen molar-refractivity contribution in [2.45, 2.75) is 25.4 Å². The maximum absolute atomic E-state index is 12.5. The first kappa shape index (κ1) is 20.0. The van der Waals surface area contributed by atoms with Crippen molar-refractivity contribution < 1.29 is 19.0 Å². The number of amides is 1. The van der Waals surface area contributed by atoms with Gasteiger partial charge in [-0.25, -0.2) is 0 Å². The van der Waals surface area contributed by atoms with E-state index < -0.39 is 0 Å². The van der Waals surface area contributed by atoms with E-state index >= 15 is 0 Å². The summed E-state index contributed by atoms with van der Waals surface area (Å²) in [7, 11) is 4.91. The standard InChI is InChI=1S/C22H28N2O4/c1-26-18-9-6-16(7-10-18)14-23-22(25)15-24-12-4-5-19(24)17-8-11-20(27-2)21(13-17)28-3/h6-11,13,19H,4-5,12,14-15H2,1-3H3,(H,23,25). The molecule has 0 saturated carbocycles. The Morgan fingerprint density at radius 3 is 2.46 bits per heavy atom. The van der Waals surface area contributed by atoms with Gasteiger partial charge in [0.1, 0.15) is 5.75 Å². The molecule has 3 rings (SSSR count).